The quantitative estimate of drug-likeness (QED) is 0.431. The van der Waals surface area contributed by atoms with Gasteiger partial charge in [-0.15, -0.1) is 0 Å². The lowest BCUT2D eigenvalue weighted by atomic mass is 9.84. The average molecular weight is 350 g/mol. The van der Waals surface area contributed by atoms with Crippen molar-refractivity contribution in [2.24, 2.45) is 11.8 Å². The molecule has 9 heteroatoms. The summed E-state index contributed by atoms with van der Waals surface area (Å²) in [7, 11) is 0. The topological polar surface area (TPSA) is 135 Å². The van der Waals surface area contributed by atoms with Crippen molar-refractivity contribution in [3.8, 4) is 0 Å². The number of aliphatic hydroxyl groups is 4. The fraction of sp³-hybridized carbons (Fsp3) is 0.933. The maximum absolute atomic E-state index is 10.7. The lowest BCUT2D eigenvalue weighted by Crippen LogP contribution is -2.61. The minimum Gasteiger partial charge on any atom is -0.435 e. The molecule has 0 amide bonds. The second-order valence-electron chi connectivity index (χ2n) is 6.46. The van der Waals surface area contributed by atoms with E-state index in [4.69, 9.17) is 18.9 Å². The van der Waals surface area contributed by atoms with E-state index in [0.29, 0.717) is 0 Å². The van der Waals surface area contributed by atoms with E-state index in [1.54, 1.807) is 13.8 Å². The Hall–Kier alpha value is -0.810. The molecule has 0 radical (unpaired) electrons. The highest BCUT2D eigenvalue weighted by Crippen LogP contribution is 2.34. The van der Waals surface area contributed by atoms with Gasteiger partial charge in [-0.1, -0.05) is 13.8 Å². The number of ether oxygens (including phenoxy) is 4. The van der Waals surface area contributed by atoms with Gasteiger partial charge in [0, 0.05) is 5.92 Å². The molecule has 2 saturated heterocycles. The minimum atomic E-state index is -1.36. The van der Waals surface area contributed by atoms with E-state index in [-0.39, 0.29) is 18.3 Å². The highest BCUT2D eigenvalue weighted by atomic mass is 16.8. The molecule has 10 atom stereocenters. The molecule has 2 fully saturated rings. The van der Waals surface area contributed by atoms with E-state index in [1.807, 2.05) is 0 Å². The molecule has 6 unspecified atom stereocenters. The normalized spacial score (nSPS) is 49.6. The Labute approximate surface area is 140 Å². The molecule has 2 aliphatic heterocycles. The monoisotopic (exact) mass is 350 g/mol. The van der Waals surface area contributed by atoms with Crippen LogP contribution in [0.2, 0.25) is 0 Å². The Bertz CT molecular complexity index is 418. The predicted octanol–water partition coefficient (Wildman–Crippen LogP) is -1.64. The molecule has 0 bridgehead atoms. The molecule has 24 heavy (non-hydrogen) atoms. The molecule has 0 aromatic rings. The molecule has 0 saturated carbocycles. The van der Waals surface area contributed by atoms with Gasteiger partial charge in [0.15, 0.2) is 12.4 Å². The smallest absolute Gasteiger partial charge is 0.295 e. The van der Waals surface area contributed by atoms with Crippen LogP contribution in [0.1, 0.15) is 20.8 Å². The Morgan fingerprint density at radius 3 is 2.21 bits per heavy atom. The van der Waals surface area contributed by atoms with Crippen molar-refractivity contribution < 1.29 is 44.2 Å². The first-order valence-corrected chi connectivity index (χ1v) is 8.02. The van der Waals surface area contributed by atoms with Gasteiger partial charge >= 0.3 is 0 Å². The highest BCUT2D eigenvalue weighted by Gasteiger charge is 2.49. The summed E-state index contributed by atoms with van der Waals surface area (Å²) in [6.45, 7) is 4.89. The van der Waals surface area contributed by atoms with Crippen molar-refractivity contribution in [1.29, 1.82) is 0 Å². The van der Waals surface area contributed by atoms with Crippen molar-refractivity contribution in [3.63, 3.8) is 0 Å². The van der Waals surface area contributed by atoms with Crippen LogP contribution in [0.15, 0.2) is 0 Å². The molecular weight excluding hydrogens is 324 g/mol. The predicted molar refractivity (Wildman–Crippen MR) is 78.5 cm³/mol. The zero-order valence-electron chi connectivity index (χ0n) is 13.9. The van der Waals surface area contributed by atoms with Crippen LogP contribution in [-0.2, 0) is 23.7 Å². The number of aliphatic hydroxyl groups excluding tert-OH is 4. The summed E-state index contributed by atoms with van der Waals surface area (Å²) in [5.41, 5.74) is 0. The Kier molecular flexibility index (Phi) is 6.54. The van der Waals surface area contributed by atoms with E-state index in [9.17, 15) is 25.2 Å². The van der Waals surface area contributed by atoms with Crippen LogP contribution in [0.25, 0.3) is 0 Å². The van der Waals surface area contributed by atoms with Crippen LogP contribution in [0.3, 0.4) is 0 Å². The zero-order valence-corrected chi connectivity index (χ0v) is 13.9. The number of carbonyl (C=O) groups is 1. The summed E-state index contributed by atoms with van der Waals surface area (Å²) < 4.78 is 21.5. The van der Waals surface area contributed by atoms with Gasteiger partial charge in [-0.05, 0) is 12.8 Å². The lowest BCUT2D eigenvalue weighted by Gasteiger charge is -2.46. The summed E-state index contributed by atoms with van der Waals surface area (Å²) in [5, 5.41) is 39.6. The molecule has 0 aromatic heterocycles. The Morgan fingerprint density at radius 1 is 0.958 bits per heavy atom. The van der Waals surface area contributed by atoms with Crippen LogP contribution in [0.5, 0.6) is 0 Å². The molecule has 0 spiro atoms. The molecule has 0 aliphatic carbocycles. The second kappa shape index (κ2) is 8.05. The molecule has 2 rings (SSSR count). The van der Waals surface area contributed by atoms with Gasteiger partial charge in [0.05, 0.1) is 18.8 Å². The van der Waals surface area contributed by atoms with Crippen LogP contribution >= 0.6 is 0 Å². The van der Waals surface area contributed by atoms with Crippen LogP contribution in [0, 0.1) is 11.8 Å². The minimum absolute atomic E-state index is 0.173. The maximum atomic E-state index is 10.7. The summed E-state index contributed by atoms with van der Waals surface area (Å²) in [6, 6.07) is 0. The van der Waals surface area contributed by atoms with Crippen molar-refractivity contribution in [1.82, 2.24) is 0 Å². The fourth-order valence-corrected chi connectivity index (χ4v) is 3.05. The largest absolute Gasteiger partial charge is 0.435 e. The van der Waals surface area contributed by atoms with Crippen LogP contribution < -0.4 is 0 Å². The molecule has 2 heterocycles. The van der Waals surface area contributed by atoms with Gasteiger partial charge < -0.3 is 39.4 Å². The first-order valence-electron chi connectivity index (χ1n) is 8.02. The van der Waals surface area contributed by atoms with Crippen LogP contribution in [0.4, 0.5) is 0 Å². The summed E-state index contributed by atoms with van der Waals surface area (Å²) in [6.07, 6.45) is -8.29. The van der Waals surface area contributed by atoms with E-state index in [2.05, 4.69) is 0 Å². The van der Waals surface area contributed by atoms with Gasteiger partial charge in [0.25, 0.3) is 6.47 Å². The highest BCUT2D eigenvalue weighted by molar-refractivity contribution is 5.37. The lowest BCUT2D eigenvalue weighted by molar-refractivity contribution is -0.346. The molecule has 140 valence electrons. The Balaban J connectivity index is 2.14. The molecular formula is C15H26O9. The molecule has 4 N–H and O–H groups in total. The van der Waals surface area contributed by atoms with E-state index < -0.39 is 55.8 Å². The average Bonchev–Trinajstić information content (AvgIpc) is 2.56. The standard InChI is InChI=1S/C15H26O9/c1-6-7(2)14(23-9(4-16)10(6)18)24-13-12(20)11(19)8(3)22-15(13)21-5-17/h5-16,18-20H,4H2,1-3H3/t6?,7?,8?,9?,10-,11?,12+,13-,14-,15?/m0/s1. The van der Waals surface area contributed by atoms with Gasteiger partial charge in [-0.25, -0.2) is 0 Å². The Morgan fingerprint density at radius 2 is 1.62 bits per heavy atom. The first kappa shape index (κ1) is 19.5. The van der Waals surface area contributed by atoms with Crippen molar-refractivity contribution in [2.75, 3.05) is 6.61 Å². The van der Waals surface area contributed by atoms with E-state index >= 15 is 0 Å². The third-order valence-corrected chi connectivity index (χ3v) is 4.93. The second-order valence-corrected chi connectivity index (χ2v) is 6.46. The van der Waals surface area contributed by atoms with Crippen molar-refractivity contribution in [3.05, 3.63) is 0 Å². The molecule has 0 aromatic carbocycles. The van der Waals surface area contributed by atoms with Gasteiger partial charge in [0.2, 0.25) is 6.29 Å². The van der Waals surface area contributed by atoms with Gasteiger partial charge in [-0.2, -0.15) is 0 Å². The van der Waals surface area contributed by atoms with E-state index in [1.165, 1.54) is 6.92 Å². The first-order chi connectivity index (χ1) is 11.3. The number of rotatable bonds is 5. The summed E-state index contributed by atoms with van der Waals surface area (Å²) in [4.78, 5) is 10.7. The summed E-state index contributed by atoms with van der Waals surface area (Å²) >= 11 is 0. The van der Waals surface area contributed by atoms with Gasteiger partial charge in [0.1, 0.15) is 18.3 Å². The SMILES string of the molecule is CC1OC(OC=O)[C@@H](O[C@@H]2OC(CO)[C@@H](O)C(C)C2C)[C@H](O)C1O. The maximum Gasteiger partial charge on any atom is 0.295 e. The van der Waals surface area contributed by atoms with Crippen LogP contribution in [-0.4, -0.2) is 82.7 Å². The van der Waals surface area contributed by atoms with Crippen molar-refractivity contribution >= 4 is 6.47 Å². The third kappa shape index (κ3) is 3.72. The van der Waals surface area contributed by atoms with Crippen molar-refractivity contribution in [2.45, 2.75) is 70.0 Å². The number of hydrogen-bond donors (Lipinski definition) is 4. The van der Waals surface area contributed by atoms with E-state index in [0.717, 1.165) is 0 Å². The number of carbonyl (C=O) groups excluding carboxylic acids is 1. The number of hydrogen-bond acceptors (Lipinski definition) is 9. The fourth-order valence-electron chi connectivity index (χ4n) is 3.05. The summed E-state index contributed by atoms with van der Waals surface area (Å²) in [5.74, 6) is -0.514. The third-order valence-electron chi connectivity index (χ3n) is 4.93. The molecule has 2 aliphatic rings. The zero-order chi connectivity index (χ0) is 18.0. The molecule has 9 nitrogen and oxygen atoms in total. The van der Waals surface area contributed by atoms with Gasteiger partial charge in [-0.3, -0.25) is 4.79 Å².